The highest BCUT2D eigenvalue weighted by molar-refractivity contribution is 7.90. The normalized spacial score (nSPS) is 12.0. The van der Waals surface area contributed by atoms with Crippen molar-refractivity contribution in [3.63, 3.8) is 0 Å². The first-order chi connectivity index (χ1) is 13.2. The Morgan fingerprint density at radius 3 is 2.14 bits per heavy atom. The molecule has 0 bridgehead atoms. The highest BCUT2D eigenvalue weighted by Gasteiger charge is 2.36. The first kappa shape index (κ1) is 20.9. The summed E-state index contributed by atoms with van der Waals surface area (Å²) in [5.74, 6) is -1.07. The second-order valence-electron chi connectivity index (χ2n) is 5.28. The Balaban J connectivity index is 2.81. The molecule has 2 rings (SSSR count). The molecule has 12 heteroatoms. The number of amides is 2. The Morgan fingerprint density at radius 1 is 1.07 bits per heavy atom. The van der Waals surface area contributed by atoms with Crippen molar-refractivity contribution in [1.29, 1.82) is 0 Å². The number of methoxy groups -OCH3 is 3. The van der Waals surface area contributed by atoms with E-state index in [0.29, 0.717) is 0 Å². The molecule has 28 heavy (non-hydrogen) atoms. The molecule has 0 saturated heterocycles. The maximum Gasteiger partial charge on any atom is 0.338 e. The molecule has 2 amide bonds. The van der Waals surface area contributed by atoms with Crippen LogP contribution in [0.15, 0.2) is 30.3 Å². The number of esters is 1. The number of nitrogens with two attached hydrogens (primary N) is 1. The summed E-state index contributed by atoms with van der Waals surface area (Å²) >= 11 is 0. The molecule has 1 unspecified atom stereocenters. The van der Waals surface area contributed by atoms with Crippen molar-refractivity contribution in [3.8, 4) is 11.8 Å². The summed E-state index contributed by atoms with van der Waals surface area (Å²) in [7, 11) is -0.725. The number of hydrogen-bond acceptors (Lipinski definition) is 9. The first-order valence-corrected chi connectivity index (χ1v) is 9.23. The first-order valence-electron chi connectivity index (χ1n) is 7.68. The minimum atomic E-state index is -4.51. The standard InChI is InChI=1S/C16H18N4O7S/c1-25-11-8-12(26-2)19-14(18-11)13(28(23,24)20-16(17)22)9-6-4-5-7-10(9)15(21)27-3/h4-8,13H,1-3H3,(H3,17,20,22). The number of aromatic nitrogens is 2. The molecule has 11 nitrogen and oxygen atoms in total. The van der Waals surface area contributed by atoms with E-state index >= 15 is 0 Å². The van der Waals surface area contributed by atoms with E-state index in [4.69, 9.17) is 19.9 Å². The van der Waals surface area contributed by atoms with Crippen LogP contribution < -0.4 is 19.9 Å². The maximum atomic E-state index is 12.9. The molecule has 1 heterocycles. The van der Waals surface area contributed by atoms with Gasteiger partial charge in [0.2, 0.25) is 11.8 Å². The number of nitrogens with one attached hydrogen (secondary N) is 1. The summed E-state index contributed by atoms with van der Waals surface area (Å²) in [5, 5.41) is -1.70. The van der Waals surface area contributed by atoms with Crippen LogP contribution in [0.4, 0.5) is 4.79 Å². The van der Waals surface area contributed by atoms with Crippen LogP contribution >= 0.6 is 0 Å². The molecule has 1 atom stereocenters. The van der Waals surface area contributed by atoms with Gasteiger partial charge in [-0.3, -0.25) is 0 Å². The highest BCUT2D eigenvalue weighted by atomic mass is 32.2. The van der Waals surface area contributed by atoms with Gasteiger partial charge in [-0.2, -0.15) is 9.97 Å². The molecule has 0 saturated carbocycles. The third-order valence-electron chi connectivity index (χ3n) is 3.55. The van der Waals surface area contributed by atoms with E-state index < -0.39 is 27.3 Å². The zero-order valence-corrected chi connectivity index (χ0v) is 16.0. The van der Waals surface area contributed by atoms with Gasteiger partial charge < -0.3 is 19.9 Å². The molecule has 0 spiro atoms. The summed E-state index contributed by atoms with van der Waals surface area (Å²) in [6.45, 7) is 0. The molecule has 0 radical (unpaired) electrons. The topological polar surface area (TPSA) is 160 Å². The fourth-order valence-corrected chi connectivity index (χ4v) is 3.73. The summed E-state index contributed by atoms with van der Waals surface area (Å²) < 4.78 is 42.2. The Labute approximate surface area is 160 Å². The molecule has 1 aromatic heterocycles. The molecule has 0 aliphatic carbocycles. The Kier molecular flexibility index (Phi) is 6.36. The van der Waals surface area contributed by atoms with Crippen molar-refractivity contribution >= 4 is 22.0 Å². The largest absolute Gasteiger partial charge is 0.481 e. The molecule has 3 N–H and O–H groups in total. The molecule has 150 valence electrons. The van der Waals surface area contributed by atoms with Crippen LogP contribution in [0.5, 0.6) is 11.8 Å². The van der Waals surface area contributed by atoms with Gasteiger partial charge in [0.05, 0.1) is 33.0 Å². The monoisotopic (exact) mass is 410 g/mol. The van der Waals surface area contributed by atoms with Gasteiger partial charge in [-0.05, 0) is 11.6 Å². The number of hydrogen-bond donors (Lipinski definition) is 2. The Hall–Kier alpha value is -3.41. The summed E-state index contributed by atoms with van der Waals surface area (Å²) in [6, 6.07) is 5.79. The molecular formula is C16H18N4O7S. The number of carbonyl (C=O) groups is 2. The van der Waals surface area contributed by atoms with Crippen molar-refractivity contribution in [2.24, 2.45) is 5.73 Å². The fourth-order valence-electron chi connectivity index (χ4n) is 2.41. The lowest BCUT2D eigenvalue weighted by molar-refractivity contribution is 0.0599. The van der Waals surface area contributed by atoms with Crippen LogP contribution in [0.2, 0.25) is 0 Å². The van der Waals surface area contributed by atoms with Gasteiger partial charge in [-0.1, -0.05) is 18.2 Å². The Morgan fingerprint density at radius 2 is 1.64 bits per heavy atom. The number of nitrogens with zero attached hydrogens (tertiary/aromatic N) is 2. The van der Waals surface area contributed by atoms with Gasteiger partial charge in [0.25, 0.3) is 10.0 Å². The quantitative estimate of drug-likeness (QED) is 0.614. The lowest BCUT2D eigenvalue weighted by atomic mass is 10.0. The predicted octanol–water partition coefficient (Wildman–Crippen LogP) is 0.368. The van der Waals surface area contributed by atoms with E-state index in [9.17, 15) is 18.0 Å². The van der Waals surface area contributed by atoms with E-state index in [-0.39, 0.29) is 28.7 Å². The fraction of sp³-hybridized carbons (Fsp3) is 0.250. The number of urea groups is 1. The Bertz CT molecular complexity index is 972. The summed E-state index contributed by atoms with van der Waals surface area (Å²) in [6.07, 6.45) is 0. The molecular weight excluding hydrogens is 392 g/mol. The van der Waals surface area contributed by atoms with Crippen LogP contribution in [0, 0.1) is 0 Å². The van der Waals surface area contributed by atoms with Crippen LogP contribution in [-0.4, -0.2) is 51.7 Å². The second kappa shape index (κ2) is 8.52. The van der Waals surface area contributed by atoms with Crippen LogP contribution in [0.25, 0.3) is 0 Å². The molecule has 1 aromatic carbocycles. The molecule has 0 fully saturated rings. The minimum absolute atomic E-state index is 0.0108. The van der Waals surface area contributed by atoms with Gasteiger partial charge in [0, 0.05) is 0 Å². The van der Waals surface area contributed by atoms with Crippen LogP contribution in [0.3, 0.4) is 0 Å². The second-order valence-corrected chi connectivity index (χ2v) is 7.05. The molecule has 2 aromatic rings. The van der Waals surface area contributed by atoms with E-state index in [1.165, 1.54) is 44.6 Å². The number of carbonyl (C=O) groups excluding carboxylic acids is 2. The van der Waals surface area contributed by atoms with Crippen LogP contribution in [0.1, 0.15) is 27.0 Å². The average molecular weight is 410 g/mol. The smallest absolute Gasteiger partial charge is 0.338 e. The van der Waals surface area contributed by atoms with E-state index in [0.717, 1.165) is 7.11 Å². The third kappa shape index (κ3) is 4.46. The maximum absolute atomic E-state index is 12.9. The lowest BCUT2D eigenvalue weighted by Crippen LogP contribution is -2.39. The number of rotatable bonds is 7. The average Bonchev–Trinajstić information content (AvgIpc) is 2.66. The number of sulfonamides is 1. The van der Waals surface area contributed by atoms with Gasteiger partial charge in [0.15, 0.2) is 11.1 Å². The van der Waals surface area contributed by atoms with Crippen LogP contribution in [-0.2, 0) is 14.8 Å². The lowest BCUT2D eigenvalue weighted by Gasteiger charge is -2.19. The summed E-state index contributed by atoms with van der Waals surface area (Å²) in [4.78, 5) is 31.5. The highest BCUT2D eigenvalue weighted by Crippen LogP contribution is 2.32. The van der Waals surface area contributed by atoms with E-state index in [1.54, 1.807) is 4.72 Å². The van der Waals surface area contributed by atoms with Gasteiger partial charge >= 0.3 is 12.0 Å². The van der Waals surface area contributed by atoms with Crippen molar-refractivity contribution in [2.45, 2.75) is 5.25 Å². The third-order valence-corrected chi connectivity index (χ3v) is 5.12. The molecule has 0 aliphatic rings. The SMILES string of the molecule is COC(=O)c1ccccc1C(c1nc(OC)cc(OC)n1)S(=O)(=O)NC(N)=O. The molecule has 0 aliphatic heterocycles. The zero-order valence-electron chi connectivity index (χ0n) is 15.2. The minimum Gasteiger partial charge on any atom is -0.481 e. The summed E-state index contributed by atoms with van der Waals surface area (Å²) in [5.41, 5.74) is 4.91. The van der Waals surface area contributed by atoms with Gasteiger partial charge in [0.1, 0.15) is 0 Å². The van der Waals surface area contributed by atoms with E-state index in [2.05, 4.69) is 9.97 Å². The van der Waals surface area contributed by atoms with Crippen molar-refractivity contribution < 1.29 is 32.2 Å². The number of benzene rings is 1. The van der Waals surface area contributed by atoms with Gasteiger partial charge in [-0.15, -0.1) is 0 Å². The predicted molar refractivity (Wildman–Crippen MR) is 96.4 cm³/mol. The van der Waals surface area contributed by atoms with E-state index in [1.807, 2.05) is 0 Å². The van der Waals surface area contributed by atoms with Crippen molar-refractivity contribution in [3.05, 3.63) is 47.3 Å². The number of primary amides is 1. The van der Waals surface area contributed by atoms with Crippen molar-refractivity contribution in [2.75, 3.05) is 21.3 Å². The van der Waals surface area contributed by atoms with Crippen molar-refractivity contribution in [1.82, 2.24) is 14.7 Å². The van der Waals surface area contributed by atoms with Gasteiger partial charge in [-0.25, -0.2) is 22.7 Å². The zero-order chi connectivity index (χ0) is 20.9. The number of ether oxygens (including phenoxy) is 3.